The minimum atomic E-state index is -0.814. The smallest absolute Gasteiger partial charge is 0.226 e. The Labute approximate surface area is 183 Å². The van der Waals surface area contributed by atoms with Gasteiger partial charge in [0.25, 0.3) is 0 Å². The van der Waals surface area contributed by atoms with Crippen LogP contribution in [0.25, 0.3) is 33.3 Å². The van der Waals surface area contributed by atoms with E-state index in [0.717, 1.165) is 18.8 Å². The van der Waals surface area contributed by atoms with Gasteiger partial charge in [-0.3, -0.25) is 4.68 Å². The van der Waals surface area contributed by atoms with E-state index in [1.807, 2.05) is 6.07 Å². The van der Waals surface area contributed by atoms with Gasteiger partial charge in [-0.05, 0) is 26.0 Å². The largest absolute Gasteiger partial charge is 0.504 e. The average molecular weight is 437 g/mol. The summed E-state index contributed by atoms with van der Waals surface area (Å²) in [5.41, 5.74) is 1.60. The van der Waals surface area contributed by atoms with Crippen LogP contribution in [0, 0.1) is 5.82 Å². The zero-order valence-corrected chi connectivity index (χ0v) is 18.3. The first-order chi connectivity index (χ1) is 15.3. The molecular weight excluding hydrogens is 413 g/mol. The normalized spacial score (nSPS) is 19.1. The maximum atomic E-state index is 14.7. The summed E-state index contributed by atoms with van der Waals surface area (Å²) in [6, 6.07) is 4.28. The number of fused-ring (bicyclic) bond motifs is 2. The molecule has 0 spiro atoms. The Balaban J connectivity index is 1.62. The molecule has 0 aliphatic carbocycles. The Morgan fingerprint density at radius 2 is 1.94 bits per heavy atom. The van der Waals surface area contributed by atoms with Gasteiger partial charge in [-0.1, -0.05) is 0 Å². The number of piperazine rings is 1. The lowest BCUT2D eigenvalue weighted by atomic mass is 10.1. The zero-order chi connectivity index (χ0) is 22.6. The number of hydrogen-bond donors (Lipinski definition) is 2. The minimum absolute atomic E-state index is 0.0868. The summed E-state index contributed by atoms with van der Waals surface area (Å²) in [5.74, 6) is -0.938. The van der Waals surface area contributed by atoms with E-state index in [4.69, 9.17) is 4.74 Å². The summed E-state index contributed by atoms with van der Waals surface area (Å²) in [7, 11) is 3.20. The number of hydrogen-bond acceptors (Lipinski definition) is 8. The lowest BCUT2D eigenvalue weighted by Crippen LogP contribution is -2.54. The molecule has 32 heavy (non-hydrogen) atoms. The summed E-state index contributed by atoms with van der Waals surface area (Å²) in [4.78, 5) is 15.8. The Morgan fingerprint density at radius 1 is 1.19 bits per heavy atom. The number of phenols is 1. The second-order valence-corrected chi connectivity index (χ2v) is 8.32. The molecular formula is C22H24FN7O2. The van der Waals surface area contributed by atoms with Crippen molar-refractivity contribution in [3.8, 4) is 23.0 Å². The highest BCUT2D eigenvalue weighted by molar-refractivity contribution is 5.90. The fourth-order valence-electron chi connectivity index (χ4n) is 4.37. The molecule has 2 atom stereocenters. The van der Waals surface area contributed by atoms with E-state index in [-0.39, 0.29) is 16.9 Å². The van der Waals surface area contributed by atoms with Crippen LogP contribution in [0.1, 0.15) is 13.8 Å². The third kappa shape index (κ3) is 3.36. The number of nitrogens with one attached hydrogen (secondary N) is 1. The molecule has 0 radical (unpaired) electrons. The fourth-order valence-corrected chi connectivity index (χ4v) is 4.37. The molecule has 9 nitrogen and oxygen atoms in total. The van der Waals surface area contributed by atoms with Crippen LogP contribution in [0.15, 0.2) is 24.5 Å². The Kier molecular flexibility index (Phi) is 4.81. The van der Waals surface area contributed by atoms with E-state index in [1.54, 1.807) is 25.5 Å². The lowest BCUT2D eigenvalue weighted by Gasteiger charge is -2.37. The van der Waals surface area contributed by atoms with Crippen molar-refractivity contribution >= 4 is 27.6 Å². The van der Waals surface area contributed by atoms with E-state index in [0.29, 0.717) is 34.4 Å². The van der Waals surface area contributed by atoms with E-state index in [9.17, 15) is 9.50 Å². The number of halogens is 1. The molecule has 2 N–H and O–H groups in total. The zero-order valence-electron chi connectivity index (χ0n) is 18.3. The molecule has 1 saturated heterocycles. The molecule has 1 fully saturated rings. The van der Waals surface area contributed by atoms with Crippen molar-refractivity contribution in [1.82, 2.24) is 30.0 Å². The first kappa shape index (κ1) is 20.4. The second-order valence-electron chi connectivity index (χ2n) is 8.32. The van der Waals surface area contributed by atoms with Gasteiger partial charge in [0.2, 0.25) is 5.88 Å². The van der Waals surface area contributed by atoms with Gasteiger partial charge in [0.05, 0.1) is 29.9 Å². The number of aromatic nitrogens is 5. The molecule has 4 aromatic rings. The molecule has 0 amide bonds. The van der Waals surface area contributed by atoms with Crippen molar-refractivity contribution in [3.63, 3.8) is 0 Å². The number of pyridine rings is 1. The number of benzene rings is 1. The molecule has 1 aliphatic rings. The number of aryl methyl sites for hydroxylation is 1. The van der Waals surface area contributed by atoms with Crippen LogP contribution in [-0.4, -0.2) is 62.1 Å². The van der Waals surface area contributed by atoms with Crippen LogP contribution < -0.4 is 15.0 Å². The van der Waals surface area contributed by atoms with Crippen LogP contribution in [0.3, 0.4) is 0 Å². The molecule has 166 valence electrons. The van der Waals surface area contributed by atoms with Crippen molar-refractivity contribution in [1.29, 1.82) is 0 Å². The number of rotatable bonds is 3. The SMILES string of the molecule is COc1nc(-c2cc3cn(C)nc3c(F)c2O)nc2ncc(N3CC(C)NC(C)C3)cc12. The standard InChI is InChI=1S/C22H24FN7O2/c1-11-8-30(9-12(2)25-11)14-6-16-20(24-7-14)26-21(27-22(16)32-4)15-5-13-10-29(3)28-18(13)17(23)19(15)31/h5-7,10-12,25,31H,8-9H2,1-4H3. The van der Waals surface area contributed by atoms with Gasteiger partial charge in [0.15, 0.2) is 23.0 Å². The summed E-state index contributed by atoms with van der Waals surface area (Å²) >= 11 is 0. The van der Waals surface area contributed by atoms with Crippen LogP contribution in [-0.2, 0) is 7.05 Å². The van der Waals surface area contributed by atoms with Gasteiger partial charge in [-0.15, -0.1) is 0 Å². The number of nitrogens with zero attached hydrogens (tertiary/aromatic N) is 6. The number of aromatic hydroxyl groups is 1. The monoisotopic (exact) mass is 437 g/mol. The van der Waals surface area contributed by atoms with Gasteiger partial charge < -0.3 is 20.1 Å². The topological polar surface area (TPSA) is 101 Å². The van der Waals surface area contributed by atoms with E-state index < -0.39 is 11.6 Å². The number of anilines is 1. The average Bonchev–Trinajstić information content (AvgIpc) is 3.15. The van der Waals surface area contributed by atoms with Gasteiger partial charge >= 0.3 is 0 Å². The summed E-state index contributed by atoms with van der Waals surface area (Å²) < 4.78 is 21.7. The maximum Gasteiger partial charge on any atom is 0.226 e. The highest BCUT2D eigenvalue weighted by Crippen LogP contribution is 2.36. The van der Waals surface area contributed by atoms with E-state index >= 15 is 0 Å². The Hall–Kier alpha value is -3.53. The molecule has 4 heterocycles. The molecule has 10 heteroatoms. The quantitative estimate of drug-likeness (QED) is 0.505. The van der Waals surface area contributed by atoms with Gasteiger partial charge in [-0.25, -0.2) is 14.4 Å². The molecule has 5 rings (SSSR count). The highest BCUT2D eigenvalue weighted by Gasteiger charge is 2.24. The molecule has 1 aliphatic heterocycles. The van der Waals surface area contributed by atoms with Crippen LogP contribution >= 0.6 is 0 Å². The van der Waals surface area contributed by atoms with Crippen molar-refractivity contribution < 1.29 is 14.2 Å². The summed E-state index contributed by atoms with van der Waals surface area (Å²) in [6.07, 6.45) is 3.44. The van der Waals surface area contributed by atoms with Crippen LogP contribution in [0.5, 0.6) is 11.6 Å². The molecule has 0 bridgehead atoms. The van der Waals surface area contributed by atoms with Crippen molar-refractivity contribution in [2.75, 3.05) is 25.1 Å². The predicted octanol–water partition coefficient (Wildman–Crippen LogP) is 2.62. The molecule has 3 aromatic heterocycles. The number of methoxy groups -OCH3 is 1. The Bertz CT molecular complexity index is 1330. The number of ether oxygens (including phenoxy) is 1. The molecule has 0 saturated carbocycles. The molecule has 1 aromatic carbocycles. The lowest BCUT2D eigenvalue weighted by molar-refractivity contribution is 0.402. The third-order valence-corrected chi connectivity index (χ3v) is 5.69. The van der Waals surface area contributed by atoms with Crippen LogP contribution in [0.4, 0.5) is 10.1 Å². The maximum absolute atomic E-state index is 14.7. The van der Waals surface area contributed by atoms with E-state index in [1.165, 1.54) is 11.8 Å². The van der Waals surface area contributed by atoms with Crippen molar-refractivity contribution in [2.24, 2.45) is 7.05 Å². The van der Waals surface area contributed by atoms with Gasteiger partial charge in [0, 0.05) is 43.8 Å². The van der Waals surface area contributed by atoms with Crippen LogP contribution in [0.2, 0.25) is 0 Å². The third-order valence-electron chi connectivity index (χ3n) is 5.69. The first-order valence-corrected chi connectivity index (χ1v) is 10.4. The minimum Gasteiger partial charge on any atom is -0.504 e. The predicted molar refractivity (Wildman–Crippen MR) is 119 cm³/mol. The number of phenolic OH excluding ortho intramolecular Hbond substituents is 1. The van der Waals surface area contributed by atoms with Gasteiger partial charge in [0.1, 0.15) is 5.52 Å². The Morgan fingerprint density at radius 3 is 2.66 bits per heavy atom. The van der Waals surface area contributed by atoms with Gasteiger partial charge in [-0.2, -0.15) is 10.1 Å². The van der Waals surface area contributed by atoms with Crippen molar-refractivity contribution in [2.45, 2.75) is 25.9 Å². The first-order valence-electron chi connectivity index (χ1n) is 10.4. The second kappa shape index (κ2) is 7.56. The highest BCUT2D eigenvalue weighted by atomic mass is 19.1. The summed E-state index contributed by atoms with van der Waals surface area (Å²) in [5, 5.41) is 19.2. The fraction of sp³-hybridized carbons (Fsp3) is 0.364. The molecule has 2 unspecified atom stereocenters. The van der Waals surface area contributed by atoms with E-state index in [2.05, 4.69) is 44.1 Å². The van der Waals surface area contributed by atoms with Crippen molar-refractivity contribution in [3.05, 3.63) is 30.3 Å². The summed E-state index contributed by atoms with van der Waals surface area (Å²) in [6.45, 7) is 6.02.